The number of halogens is 2. The molecule has 0 unspecified atom stereocenters. The number of benzene rings is 2. The van der Waals surface area contributed by atoms with Gasteiger partial charge in [-0.25, -0.2) is 0 Å². The summed E-state index contributed by atoms with van der Waals surface area (Å²) in [6.45, 7) is 0.125. The number of rotatable bonds is 2. The smallest absolute Gasteiger partial charge is 0.270 e. The van der Waals surface area contributed by atoms with Crippen LogP contribution in [0.1, 0.15) is 5.56 Å². The maximum Gasteiger partial charge on any atom is 0.270 e. The number of carbonyl (C=O) groups excluding carboxylic acids is 2. The highest BCUT2D eigenvalue weighted by molar-refractivity contribution is 9.10. The summed E-state index contributed by atoms with van der Waals surface area (Å²) in [4.78, 5) is 26.6. The molecule has 0 aliphatic carbocycles. The second-order valence-corrected chi connectivity index (χ2v) is 7.34. The number of ether oxygens (including phenoxy) is 2. The first kappa shape index (κ1) is 18.0. The topological polar surface area (TPSA) is 67.9 Å². The van der Waals surface area contributed by atoms with Crippen molar-refractivity contribution in [2.24, 2.45) is 0 Å². The summed E-state index contributed by atoms with van der Waals surface area (Å²) in [6, 6.07) is 10.00. The Hall–Kier alpha value is -2.42. The Labute approximate surface area is 172 Å². The molecule has 0 saturated carbocycles. The quantitative estimate of drug-likeness (QED) is 0.416. The molecular weight excluding hydrogens is 456 g/mol. The number of nitrogens with zero attached hydrogens (tertiary/aromatic N) is 1. The third-order valence-electron chi connectivity index (χ3n) is 3.98. The highest BCUT2D eigenvalue weighted by atomic mass is 79.9. The van der Waals surface area contributed by atoms with E-state index >= 15 is 0 Å². The average molecular weight is 466 g/mol. The summed E-state index contributed by atoms with van der Waals surface area (Å²) in [5, 5.41) is 3.07. The molecule has 27 heavy (non-hydrogen) atoms. The molecule has 0 spiro atoms. The zero-order chi connectivity index (χ0) is 19.1. The van der Waals surface area contributed by atoms with Crippen molar-refractivity contribution >= 4 is 68.4 Å². The minimum absolute atomic E-state index is 0.00854. The zero-order valence-corrected chi connectivity index (χ0v) is 16.7. The largest absolute Gasteiger partial charge is 0.454 e. The fourth-order valence-electron chi connectivity index (χ4n) is 2.68. The van der Waals surface area contributed by atoms with Crippen LogP contribution in [0.5, 0.6) is 11.5 Å². The molecule has 136 valence electrons. The molecule has 0 radical (unpaired) electrons. The van der Waals surface area contributed by atoms with Crippen molar-refractivity contribution in [2.75, 3.05) is 11.7 Å². The molecule has 0 aromatic heterocycles. The number of carbonyl (C=O) groups is 2. The van der Waals surface area contributed by atoms with Crippen molar-refractivity contribution in [3.05, 3.63) is 57.0 Å². The van der Waals surface area contributed by atoms with Crippen LogP contribution in [0.4, 0.5) is 5.69 Å². The monoisotopic (exact) mass is 464 g/mol. The molecule has 2 aromatic rings. The van der Waals surface area contributed by atoms with Gasteiger partial charge in [0.05, 0.1) is 5.69 Å². The maximum absolute atomic E-state index is 13.0. The van der Waals surface area contributed by atoms with E-state index in [4.69, 9.17) is 33.3 Å². The van der Waals surface area contributed by atoms with E-state index in [2.05, 4.69) is 21.2 Å². The average Bonchev–Trinajstić information content (AvgIpc) is 3.07. The van der Waals surface area contributed by atoms with E-state index < -0.39 is 11.8 Å². The number of hydrogen-bond donors (Lipinski definition) is 1. The molecule has 0 bridgehead atoms. The summed E-state index contributed by atoms with van der Waals surface area (Å²) in [7, 11) is 0. The first-order chi connectivity index (χ1) is 12.9. The maximum atomic E-state index is 13.0. The highest BCUT2D eigenvalue weighted by Gasteiger charge is 2.34. The van der Waals surface area contributed by atoms with Gasteiger partial charge in [-0.3, -0.25) is 19.8 Å². The molecule has 1 N–H and O–H groups in total. The van der Waals surface area contributed by atoms with Crippen LogP contribution in [-0.4, -0.2) is 23.7 Å². The predicted molar refractivity (Wildman–Crippen MR) is 108 cm³/mol. The Kier molecular flexibility index (Phi) is 4.63. The Bertz CT molecular complexity index is 1020. The van der Waals surface area contributed by atoms with Crippen LogP contribution in [0, 0.1) is 0 Å². The van der Waals surface area contributed by atoms with Crippen molar-refractivity contribution in [2.45, 2.75) is 0 Å². The number of thiocarbonyl (C=S) groups is 1. The van der Waals surface area contributed by atoms with E-state index in [0.29, 0.717) is 32.2 Å². The minimum Gasteiger partial charge on any atom is -0.454 e. The van der Waals surface area contributed by atoms with Gasteiger partial charge in [-0.05, 0) is 60.3 Å². The third kappa shape index (κ3) is 3.31. The normalized spacial score (nSPS) is 17.5. The molecule has 4 rings (SSSR count). The molecule has 2 aromatic carbocycles. The lowest BCUT2D eigenvalue weighted by molar-refractivity contribution is -0.122. The lowest BCUT2D eigenvalue weighted by atomic mass is 10.1. The van der Waals surface area contributed by atoms with E-state index in [1.807, 2.05) is 0 Å². The van der Waals surface area contributed by atoms with Crippen LogP contribution in [-0.2, 0) is 9.59 Å². The summed E-state index contributed by atoms with van der Waals surface area (Å²) < 4.78 is 11.3. The molecule has 2 aliphatic heterocycles. The molecule has 2 heterocycles. The van der Waals surface area contributed by atoms with Crippen LogP contribution < -0.4 is 19.7 Å². The van der Waals surface area contributed by atoms with Crippen LogP contribution in [0.3, 0.4) is 0 Å². The van der Waals surface area contributed by atoms with Crippen molar-refractivity contribution < 1.29 is 19.1 Å². The Balaban J connectivity index is 1.75. The Morgan fingerprint density at radius 3 is 2.52 bits per heavy atom. The second kappa shape index (κ2) is 6.95. The van der Waals surface area contributed by atoms with Gasteiger partial charge in [-0.1, -0.05) is 27.5 Å². The van der Waals surface area contributed by atoms with Crippen LogP contribution >= 0.6 is 39.7 Å². The molecule has 1 fully saturated rings. The van der Waals surface area contributed by atoms with Gasteiger partial charge in [-0.2, -0.15) is 0 Å². The fraction of sp³-hybridized carbons (Fsp3) is 0.0556. The van der Waals surface area contributed by atoms with Crippen molar-refractivity contribution in [3.63, 3.8) is 0 Å². The summed E-state index contributed by atoms with van der Waals surface area (Å²) in [6.07, 6.45) is 1.48. The van der Waals surface area contributed by atoms with Crippen LogP contribution in [0.2, 0.25) is 5.02 Å². The molecule has 1 saturated heterocycles. The first-order valence-electron chi connectivity index (χ1n) is 7.70. The lowest BCUT2D eigenvalue weighted by Crippen LogP contribution is -2.54. The van der Waals surface area contributed by atoms with Gasteiger partial charge >= 0.3 is 0 Å². The van der Waals surface area contributed by atoms with Gasteiger partial charge < -0.3 is 9.47 Å². The summed E-state index contributed by atoms with van der Waals surface area (Å²) in [5.41, 5.74) is 1.05. The van der Waals surface area contributed by atoms with Gasteiger partial charge in [0.1, 0.15) is 5.57 Å². The number of fused-ring (bicyclic) bond motifs is 1. The van der Waals surface area contributed by atoms with Crippen molar-refractivity contribution in [1.29, 1.82) is 0 Å². The van der Waals surface area contributed by atoms with Crippen LogP contribution in [0.25, 0.3) is 6.08 Å². The van der Waals surface area contributed by atoms with Crippen molar-refractivity contribution in [1.82, 2.24) is 5.32 Å². The summed E-state index contributed by atoms with van der Waals surface area (Å²) >= 11 is 14.5. The lowest BCUT2D eigenvalue weighted by Gasteiger charge is -2.29. The van der Waals surface area contributed by atoms with Crippen molar-refractivity contribution in [3.8, 4) is 11.5 Å². The predicted octanol–water partition coefficient (Wildman–Crippen LogP) is 3.66. The molecule has 2 amide bonds. The number of amides is 2. The third-order valence-corrected chi connectivity index (χ3v) is 5.20. The summed E-state index contributed by atoms with van der Waals surface area (Å²) in [5.74, 6) is 0.0293. The zero-order valence-electron chi connectivity index (χ0n) is 13.5. The van der Waals surface area contributed by atoms with E-state index in [-0.39, 0.29) is 17.5 Å². The number of anilines is 1. The molecule has 0 atom stereocenters. The molecule has 2 aliphatic rings. The van der Waals surface area contributed by atoms with Crippen LogP contribution in [0.15, 0.2) is 46.4 Å². The Morgan fingerprint density at radius 1 is 1.15 bits per heavy atom. The second-order valence-electron chi connectivity index (χ2n) is 5.66. The minimum atomic E-state index is -0.570. The van der Waals surface area contributed by atoms with Gasteiger partial charge in [0.25, 0.3) is 11.8 Å². The Morgan fingerprint density at radius 2 is 1.81 bits per heavy atom. The van der Waals surface area contributed by atoms with E-state index in [9.17, 15) is 9.59 Å². The van der Waals surface area contributed by atoms with Gasteiger partial charge in [0.15, 0.2) is 16.6 Å². The highest BCUT2D eigenvalue weighted by Crippen LogP contribution is 2.38. The molecule has 6 nitrogen and oxygen atoms in total. The molecule has 9 heteroatoms. The standard InChI is InChI=1S/C18H10BrClN2O4S/c19-13-7-15-14(25-8-26-15)6-9(13)5-12-16(23)21-18(27)22(17(12)24)11-3-1-10(20)2-4-11/h1-7H,8H2,(H,21,23,27)/b12-5-. The molecular formula is C18H10BrClN2O4S. The van der Waals surface area contributed by atoms with Gasteiger partial charge in [0.2, 0.25) is 6.79 Å². The van der Waals surface area contributed by atoms with E-state index in [1.165, 1.54) is 11.0 Å². The van der Waals surface area contributed by atoms with E-state index in [1.54, 1.807) is 36.4 Å². The van der Waals surface area contributed by atoms with E-state index in [0.717, 1.165) is 0 Å². The number of hydrogen-bond acceptors (Lipinski definition) is 5. The van der Waals surface area contributed by atoms with Gasteiger partial charge in [-0.15, -0.1) is 0 Å². The SMILES string of the molecule is O=C1NC(=S)N(c2ccc(Cl)cc2)C(=O)/C1=C\c1cc2c(cc1Br)OCO2. The van der Waals surface area contributed by atoms with Gasteiger partial charge in [0, 0.05) is 9.50 Å². The first-order valence-corrected chi connectivity index (χ1v) is 9.28. The fourth-order valence-corrected chi connectivity index (χ4v) is 3.52. The number of nitrogens with one attached hydrogen (secondary N) is 1.